The molecule has 134 valence electrons. The number of carbonyl (C=O) groups excluding carboxylic acids is 1. The van der Waals surface area contributed by atoms with Crippen molar-refractivity contribution in [2.24, 2.45) is 0 Å². The maximum absolute atomic E-state index is 12.5. The summed E-state index contributed by atoms with van der Waals surface area (Å²) in [5.74, 6) is 0.313. The maximum Gasteiger partial charge on any atom is 0.269 e. The van der Waals surface area contributed by atoms with Crippen molar-refractivity contribution in [2.75, 3.05) is 12.4 Å². The predicted octanol–water partition coefficient (Wildman–Crippen LogP) is 4.70. The number of halogens is 1. The number of rotatable bonds is 3. The van der Waals surface area contributed by atoms with Crippen LogP contribution in [0.2, 0.25) is 5.02 Å². The molecule has 3 rings (SSSR count). The lowest BCUT2D eigenvalue weighted by atomic mass is 10.2. The molecular formula is C18H15ClN2O3S2. The molecule has 0 radical (unpaired) electrons. The molecule has 0 aliphatic carbocycles. The first-order valence-corrected chi connectivity index (χ1v) is 9.17. The standard InChI is InChI=1S/C18H15ClN2O3S2/c1-9-3-6-13(22)12(7-9)20-18(25)21-17(23)16-15(19)11-5-4-10(24-2)8-14(11)26-16/h3-8,22H,1-2H3,(H2,20,21,23,25). The molecule has 3 N–H and O–H groups in total. The third-order valence-corrected chi connectivity index (χ3v) is 5.53. The number of aryl methyl sites for hydroxylation is 1. The van der Waals surface area contributed by atoms with Gasteiger partial charge in [-0.1, -0.05) is 17.7 Å². The number of fused-ring (bicyclic) bond motifs is 1. The van der Waals surface area contributed by atoms with E-state index in [1.807, 2.05) is 19.1 Å². The molecule has 0 saturated carbocycles. The van der Waals surface area contributed by atoms with Crippen molar-refractivity contribution in [1.82, 2.24) is 5.32 Å². The van der Waals surface area contributed by atoms with Gasteiger partial charge in [-0.3, -0.25) is 10.1 Å². The number of anilines is 1. The van der Waals surface area contributed by atoms with E-state index in [0.29, 0.717) is 21.3 Å². The van der Waals surface area contributed by atoms with E-state index in [9.17, 15) is 9.90 Å². The van der Waals surface area contributed by atoms with Crippen molar-refractivity contribution in [1.29, 1.82) is 0 Å². The summed E-state index contributed by atoms with van der Waals surface area (Å²) in [4.78, 5) is 12.9. The molecule has 0 atom stereocenters. The van der Waals surface area contributed by atoms with Crippen molar-refractivity contribution in [3.63, 3.8) is 0 Å². The van der Waals surface area contributed by atoms with Gasteiger partial charge in [0.05, 0.1) is 17.8 Å². The Hall–Kier alpha value is -2.35. The summed E-state index contributed by atoms with van der Waals surface area (Å²) >= 11 is 12.8. The number of ether oxygens (including phenoxy) is 1. The van der Waals surface area contributed by atoms with Crippen molar-refractivity contribution in [3.8, 4) is 11.5 Å². The Morgan fingerprint density at radius 2 is 2.04 bits per heavy atom. The second-order valence-electron chi connectivity index (χ2n) is 5.54. The van der Waals surface area contributed by atoms with Gasteiger partial charge in [0.15, 0.2) is 5.11 Å². The zero-order valence-electron chi connectivity index (χ0n) is 13.9. The van der Waals surface area contributed by atoms with Gasteiger partial charge in [0, 0.05) is 10.1 Å². The minimum atomic E-state index is -0.417. The quantitative estimate of drug-likeness (QED) is 0.434. The zero-order chi connectivity index (χ0) is 18.8. The molecule has 0 fully saturated rings. The number of nitrogens with one attached hydrogen (secondary N) is 2. The SMILES string of the molecule is COc1ccc2c(Cl)c(C(=O)NC(=S)Nc3cc(C)ccc3O)sc2c1. The van der Waals surface area contributed by atoms with Crippen molar-refractivity contribution in [2.45, 2.75) is 6.92 Å². The lowest BCUT2D eigenvalue weighted by Crippen LogP contribution is -2.33. The van der Waals surface area contributed by atoms with Crippen LogP contribution in [0.1, 0.15) is 15.2 Å². The van der Waals surface area contributed by atoms with Crippen LogP contribution in [0.3, 0.4) is 0 Å². The molecule has 2 aromatic carbocycles. The fourth-order valence-corrected chi connectivity index (χ4v) is 4.03. The maximum atomic E-state index is 12.5. The van der Waals surface area contributed by atoms with E-state index in [1.54, 1.807) is 31.4 Å². The van der Waals surface area contributed by atoms with Crippen LogP contribution in [0.5, 0.6) is 11.5 Å². The Morgan fingerprint density at radius 1 is 1.27 bits per heavy atom. The normalized spacial score (nSPS) is 10.6. The summed E-state index contributed by atoms with van der Waals surface area (Å²) in [6.45, 7) is 1.89. The van der Waals surface area contributed by atoms with Gasteiger partial charge in [0.1, 0.15) is 16.4 Å². The van der Waals surface area contributed by atoms with Gasteiger partial charge in [0.2, 0.25) is 0 Å². The van der Waals surface area contributed by atoms with Gasteiger partial charge < -0.3 is 15.2 Å². The molecule has 1 amide bonds. The van der Waals surface area contributed by atoms with Gasteiger partial charge in [-0.2, -0.15) is 0 Å². The summed E-state index contributed by atoms with van der Waals surface area (Å²) in [6, 6.07) is 10.5. The molecule has 0 unspecified atom stereocenters. The van der Waals surface area contributed by atoms with E-state index in [2.05, 4.69) is 10.6 Å². The number of aromatic hydroxyl groups is 1. The molecule has 0 bridgehead atoms. The van der Waals surface area contributed by atoms with Crippen LogP contribution in [0.25, 0.3) is 10.1 Å². The average Bonchev–Trinajstić information content (AvgIpc) is 2.94. The highest BCUT2D eigenvalue weighted by molar-refractivity contribution is 7.80. The van der Waals surface area contributed by atoms with E-state index >= 15 is 0 Å². The molecule has 26 heavy (non-hydrogen) atoms. The molecule has 0 spiro atoms. The van der Waals surface area contributed by atoms with Gasteiger partial charge in [-0.05, 0) is 55.0 Å². The Labute approximate surface area is 164 Å². The van der Waals surface area contributed by atoms with Crippen LogP contribution in [0.15, 0.2) is 36.4 Å². The molecule has 0 aliphatic heterocycles. The molecule has 0 aliphatic rings. The Bertz CT molecular complexity index is 1020. The Morgan fingerprint density at radius 3 is 2.77 bits per heavy atom. The topological polar surface area (TPSA) is 70.6 Å². The van der Waals surface area contributed by atoms with Gasteiger partial charge in [0.25, 0.3) is 5.91 Å². The van der Waals surface area contributed by atoms with E-state index in [0.717, 1.165) is 15.6 Å². The second kappa shape index (κ2) is 7.49. The molecular weight excluding hydrogens is 392 g/mol. The number of phenols is 1. The summed E-state index contributed by atoms with van der Waals surface area (Å²) in [5.41, 5.74) is 1.36. The lowest BCUT2D eigenvalue weighted by molar-refractivity contribution is 0.0982. The highest BCUT2D eigenvalue weighted by atomic mass is 35.5. The molecule has 3 aromatic rings. The average molecular weight is 407 g/mol. The number of benzene rings is 2. The summed E-state index contributed by atoms with van der Waals surface area (Å²) in [6.07, 6.45) is 0. The first-order valence-electron chi connectivity index (χ1n) is 7.57. The summed E-state index contributed by atoms with van der Waals surface area (Å²) < 4.78 is 6.03. The molecule has 8 heteroatoms. The van der Waals surface area contributed by atoms with Crippen molar-refractivity contribution < 1.29 is 14.6 Å². The van der Waals surface area contributed by atoms with Gasteiger partial charge in [-0.25, -0.2) is 0 Å². The van der Waals surface area contributed by atoms with Gasteiger partial charge >= 0.3 is 0 Å². The van der Waals surface area contributed by atoms with Crippen LogP contribution in [-0.4, -0.2) is 23.2 Å². The number of methoxy groups -OCH3 is 1. The van der Waals surface area contributed by atoms with Crippen LogP contribution >= 0.6 is 35.2 Å². The summed E-state index contributed by atoms with van der Waals surface area (Å²) in [7, 11) is 1.58. The molecule has 5 nitrogen and oxygen atoms in total. The highest BCUT2D eigenvalue weighted by Gasteiger charge is 2.19. The number of amides is 1. The number of hydrogen-bond acceptors (Lipinski definition) is 5. The summed E-state index contributed by atoms with van der Waals surface area (Å²) in [5, 5.41) is 16.5. The number of thiophene rings is 1. The third kappa shape index (κ3) is 3.75. The smallest absolute Gasteiger partial charge is 0.269 e. The fourth-order valence-electron chi connectivity index (χ4n) is 2.38. The fraction of sp³-hybridized carbons (Fsp3) is 0.111. The van der Waals surface area contributed by atoms with Crippen LogP contribution in [-0.2, 0) is 0 Å². The largest absolute Gasteiger partial charge is 0.506 e. The van der Waals surface area contributed by atoms with E-state index < -0.39 is 5.91 Å². The number of phenolic OH excluding ortho intramolecular Hbond substituents is 1. The second-order valence-corrected chi connectivity index (χ2v) is 7.37. The van der Waals surface area contributed by atoms with Crippen LogP contribution in [0, 0.1) is 6.92 Å². The first-order chi connectivity index (χ1) is 12.4. The van der Waals surface area contributed by atoms with E-state index in [-0.39, 0.29) is 10.9 Å². The van der Waals surface area contributed by atoms with Gasteiger partial charge in [-0.15, -0.1) is 11.3 Å². The third-order valence-electron chi connectivity index (χ3n) is 3.67. The van der Waals surface area contributed by atoms with Crippen LogP contribution in [0.4, 0.5) is 5.69 Å². The van der Waals surface area contributed by atoms with Crippen molar-refractivity contribution in [3.05, 3.63) is 51.9 Å². The predicted molar refractivity (Wildman–Crippen MR) is 110 cm³/mol. The molecule has 0 saturated heterocycles. The minimum absolute atomic E-state index is 0.0409. The molecule has 1 heterocycles. The zero-order valence-corrected chi connectivity index (χ0v) is 16.3. The molecule has 1 aromatic heterocycles. The minimum Gasteiger partial charge on any atom is -0.506 e. The number of carbonyl (C=O) groups is 1. The Kier molecular flexibility index (Phi) is 5.31. The van der Waals surface area contributed by atoms with E-state index in [1.165, 1.54) is 11.3 Å². The van der Waals surface area contributed by atoms with Crippen LogP contribution < -0.4 is 15.4 Å². The van der Waals surface area contributed by atoms with Crippen molar-refractivity contribution >= 4 is 61.9 Å². The highest BCUT2D eigenvalue weighted by Crippen LogP contribution is 2.37. The number of hydrogen-bond donors (Lipinski definition) is 3. The monoisotopic (exact) mass is 406 g/mol. The Balaban J connectivity index is 1.79. The van der Waals surface area contributed by atoms with E-state index in [4.69, 9.17) is 28.6 Å². The number of thiocarbonyl (C=S) groups is 1. The first kappa shape index (κ1) is 18.4. The lowest BCUT2D eigenvalue weighted by Gasteiger charge is -2.11.